The normalized spacial score (nSPS) is 16.6. The number of benzene rings is 1. The van der Waals surface area contributed by atoms with Crippen molar-refractivity contribution < 1.29 is 9.13 Å². The lowest BCUT2D eigenvalue weighted by Crippen LogP contribution is -2.44. The van der Waals surface area contributed by atoms with Crippen LogP contribution in [-0.2, 0) is 6.42 Å². The number of piperazine rings is 1. The van der Waals surface area contributed by atoms with Crippen LogP contribution in [0.15, 0.2) is 6.07 Å². The zero-order valence-corrected chi connectivity index (χ0v) is 12.1. The van der Waals surface area contributed by atoms with E-state index in [1.807, 2.05) is 6.92 Å². The van der Waals surface area contributed by atoms with Crippen LogP contribution in [-0.4, -0.2) is 44.7 Å². The molecule has 0 atom stereocenters. The van der Waals surface area contributed by atoms with Gasteiger partial charge in [-0.2, -0.15) is 0 Å². The van der Waals surface area contributed by atoms with Crippen LogP contribution in [0.1, 0.15) is 16.7 Å². The molecule has 2 rings (SSSR count). The Labute approximate surface area is 114 Å². The molecule has 1 aromatic rings. The first kappa shape index (κ1) is 14.3. The van der Waals surface area contributed by atoms with E-state index in [-0.39, 0.29) is 5.82 Å². The lowest BCUT2D eigenvalue weighted by atomic mass is 10.0. The SMILES string of the molecule is COc1c(C)c(F)cc(CCN2CCNCC2)c1C. The molecule has 1 N–H and O–H groups in total. The van der Waals surface area contributed by atoms with Gasteiger partial charge in [0.25, 0.3) is 0 Å². The fraction of sp³-hybridized carbons (Fsp3) is 0.600. The Morgan fingerprint density at radius 1 is 1.26 bits per heavy atom. The Morgan fingerprint density at radius 2 is 1.95 bits per heavy atom. The molecule has 0 spiro atoms. The molecule has 0 aliphatic carbocycles. The van der Waals surface area contributed by atoms with Crippen molar-refractivity contribution in [1.29, 1.82) is 0 Å². The van der Waals surface area contributed by atoms with Crippen LogP contribution in [0, 0.1) is 19.7 Å². The van der Waals surface area contributed by atoms with Crippen molar-refractivity contribution in [3.8, 4) is 5.75 Å². The van der Waals surface area contributed by atoms with Crippen molar-refractivity contribution in [2.24, 2.45) is 0 Å². The van der Waals surface area contributed by atoms with Gasteiger partial charge >= 0.3 is 0 Å². The van der Waals surface area contributed by atoms with Gasteiger partial charge in [-0.05, 0) is 37.5 Å². The van der Waals surface area contributed by atoms with Crippen LogP contribution in [0.5, 0.6) is 5.75 Å². The van der Waals surface area contributed by atoms with E-state index < -0.39 is 0 Å². The highest BCUT2D eigenvalue weighted by Crippen LogP contribution is 2.28. The van der Waals surface area contributed by atoms with Crippen LogP contribution in [0.3, 0.4) is 0 Å². The summed E-state index contributed by atoms with van der Waals surface area (Å²) in [6.07, 6.45) is 0.874. The third-order valence-electron chi connectivity index (χ3n) is 3.93. The van der Waals surface area contributed by atoms with Crippen molar-refractivity contribution >= 4 is 0 Å². The van der Waals surface area contributed by atoms with Gasteiger partial charge in [-0.15, -0.1) is 0 Å². The molecule has 0 bridgehead atoms. The van der Waals surface area contributed by atoms with Crippen LogP contribution in [0.25, 0.3) is 0 Å². The lowest BCUT2D eigenvalue weighted by Gasteiger charge is -2.27. The predicted octanol–water partition coefficient (Wildman–Crippen LogP) is 1.90. The number of nitrogens with one attached hydrogen (secondary N) is 1. The van der Waals surface area contributed by atoms with Crippen LogP contribution >= 0.6 is 0 Å². The van der Waals surface area contributed by atoms with E-state index in [1.54, 1.807) is 20.1 Å². The molecule has 0 radical (unpaired) electrons. The largest absolute Gasteiger partial charge is 0.496 e. The van der Waals surface area contributed by atoms with Gasteiger partial charge in [-0.1, -0.05) is 0 Å². The summed E-state index contributed by atoms with van der Waals surface area (Å²) in [5, 5.41) is 3.34. The molecule has 3 nitrogen and oxygen atoms in total. The second-order valence-electron chi connectivity index (χ2n) is 5.14. The number of nitrogens with zero attached hydrogens (tertiary/aromatic N) is 1. The number of methoxy groups -OCH3 is 1. The van der Waals surface area contributed by atoms with Crippen molar-refractivity contribution in [2.45, 2.75) is 20.3 Å². The molecule has 1 aliphatic rings. The number of hydrogen-bond donors (Lipinski definition) is 1. The van der Waals surface area contributed by atoms with E-state index >= 15 is 0 Å². The molecule has 19 heavy (non-hydrogen) atoms. The Bertz CT molecular complexity index is 442. The fourth-order valence-electron chi connectivity index (χ4n) is 2.68. The van der Waals surface area contributed by atoms with Crippen molar-refractivity contribution in [3.05, 3.63) is 28.6 Å². The Balaban J connectivity index is 2.09. The fourth-order valence-corrected chi connectivity index (χ4v) is 2.68. The molecule has 1 fully saturated rings. The van der Waals surface area contributed by atoms with Crippen LogP contribution < -0.4 is 10.1 Å². The number of hydrogen-bond acceptors (Lipinski definition) is 3. The van der Waals surface area contributed by atoms with E-state index in [9.17, 15) is 4.39 Å². The van der Waals surface area contributed by atoms with Gasteiger partial charge in [0.2, 0.25) is 0 Å². The predicted molar refractivity (Wildman–Crippen MR) is 75.4 cm³/mol. The molecule has 0 aromatic heterocycles. The summed E-state index contributed by atoms with van der Waals surface area (Å²) in [5.74, 6) is 0.521. The highest BCUT2D eigenvalue weighted by atomic mass is 19.1. The monoisotopic (exact) mass is 266 g/mol. The van der Waals surface area contributed by atoms with Crippen LogP contribution in [0.2, 0.25) is 0 Å². The van der Waals surface area contributed by atoms with Gasteiger partial charge in [0, 0.05) is 38.3 Å². The zero-order chi connectivity index (χ0) is 13.8. The molecular formula is C15H23FN2O. The molecular weight excluding hydrogens is 243 g/mol. The molecule has 0 saturated carbocycles. The zero-order valence-electron chi connectivity index (χ0n) is 12.1. The van der Waals surface area contributed by atoms with Gasteiger partial charge in [0.15, 0.2) is 0 Å². The molecule has 1 aromatic carbocycles. The first-order valence-electron chi connectivity index (χ1n) is 6.89. The quantitative estimate of drug-likeness (QED) is 0.901. The Hall–Kier alpha value is -1.13. The first-order chi connectivity index (χ1) is 9.13. The molecule has 1 aliphatic heterocycles. The van der Waals surface area contributed by atoms with Gasteiger partial charge in [0.05, 0.1) is 7.11 Å². The summed E-state index contributed by atoms with van der Waals surface area (Å²) < 4.78 is 19.2. The summed E-state index contributed by atoms with van der Waals surface area (Å²) in [6, 6.07) is 1.66. The van der Waals surface area contributed by atoms with Gasteiger partial charge in [-0.25, -0.2) is 4.39 Å². The van der Waals surface area contributed by atoms with E-state index in [4.69, 9.17) is 4.74 Å². The molecule has 1 saturated heterocycles. The molecule has 1 heterocycles. The minimum Gasteiger partial charge on any atom is -0.496 e. The van der Waals surface area contributed by atoms with Gasteiger partial charge in [-0.3, -0.25) is 0 Å². The number of halogens is 1. The van der Waals surface area contributed by atoms with Crippen LogP contribution in [0.4, 0.5) is 4.39 Å². The summed E-state index contributed by atoms with van der Waals surface area (Å²) in [4.78, 5) is 2.42. The summed E-state index contributed by atoms with van der Waals surface area (Å²) >= 11 is 0. The van der Waals surface area contributed by atoms with Gasteiger partial charge in [0.1, 0.15) is 11.6 Å². The maximum atomic E-state index is 13.9. The third kappa shape index (κ3) is 3.25. The van der Waals surface area contributed by atoms with Crippen molar-refractivity contribution in [1.82, 2.24) is 10.2 Å². The van der Waals surface area contributed by atoms with E-state index in [0.29, 0.717) is 11.3 Å². The van der Waals surface area contributed by atoms with Gasteiger partial charge < -0.3 is 15.0 Å². The Kier molecular flexibility index (Phi) is 4.77. The number of ether oxygens (including phenoxy) is 1. The average Bonchev–Trinajstić information content (AvgIpc) is 2.43. The smallest absolute Gasteiger partial charge is 0.130 e. The maximum absolute atomic E-state index is 13.9. The Morgan fingerprint density at radius 3 is 2.58 bits per heavy atom. The molecule has 0 unspecified atom stereocenters. The standard InChI is InChI=1S/C15H23FN2O/c1-11-13(4-7-18-8-5-17-6-9-18)10-14(16)12(2)15(11)19-3/h10,17H,4-9H2,1-3H3. The third-order valence-corrected chi connectivity index (χ3v) is 3.93. The van der Waals surface area contributed by atoms with Crippen molar-refractivity contribution in [2.75, 3.05) is 39.8 Å². The van der Waals surface area contributed by atoms with E-state index in [2.05, 4.69) is 10.2 Å². The summed E-state index contributed by atoms with van der Waals surface area (Å²) in [5.41, 5.74) is 2.72. The minimum absolute atomic E-state index is 0.169. The second-order valence-corrected chi connectivity index (χ2v) is 5.14. The molecule has 0 amide bonds. The summed E-state index contributed by atoms with van der Waals surface area (Å²) in [7, 11) is 1.61. The highest BCUT2D eigenvalue weighted by molar-refractivity contribution is 5.46. The van der Waals surface area contributed by atoms with Crippen molar-refractivity contribution in [3.63, 3.8) is 0 Å². The lowest BCUT2D eigenvalue weighted by molar-refractivity contribution is 0.243. The van der Waals surface area contributed by atoms with E-state index in [0.717, 1.165) is 50.3 Å². The second kappa shape index (κ2) is 6.35. The summed E-state index contributed by atoms with van der Waals surface area (Å²) in [6.45, 7) is 9.00. The topological polar surface area (TPSA) is 24.5 Å². The minimum atomic E-state index is -0.169. The highest BCUT2D eigenvalue weighted by Gasteiger charge is 2.15. The molecule has 106 valence electrons. The average molecular weight is 266 g/mol. The molecule has 4 heteroatoms. The maximum Gasteiger partial charge on any atom is 0.130 e. The number of rotatable bonds is 4. The first-order valence-corrected chi connectivity index (χ1v) is 6.89. The van der Waals surface area contributed by atoms with E-state index in [1.165, 1.54) is 0 Å².